The van der Waals surface area contributed by atoms with Crippen LogP contribution in [0.15, 0.2) is 6.20 Å². The fraction of sp³-hybridized carbons (Fsp3) is 0.714. The van der Waals surface area contributed by atoms with E-state index in [0.717, 1.165) is 24.3 Å². The third-order valence-electron chi connectivity index (χ3n) is 2.64. The summed E-state index contributed by atoms with van der Waals surface area (Å²) in [5, 5.41) is 3.43. The minimum atomic E-state index is 0.0906. The van der Waals surface area contributed by atoms with Gasteiger partial charge in [-0.25, -0.2) is 9.97 Å². The Bertz CT molecular complexity index is 399. The molecule has 0 fully saturated rings. The summed E-state index contributed by atoms with van der Waals surface area (Å²) in [7, 11) is 4.02. The van der Waals surface area contributed by atoms with E-state index in [1.807, 2.05) is 27.2 Å². The summed E-state index contributed by atoms with van der Waals surface area (Å²) in [6.45, 7) is 10.6. The molecule has 0 aliphatic heterocycles. The molecule has 0 aliphatic carbocycles. The van der Waals surface area contributed by atoms with Gasteiger partial charge in [0.2, 0.25) is 0 Å². The summed E-state index contributed by atoms with van der Waals surface area (Å²) in [5.74, 6) is 0. The smallest absolute Gasteiger partial charge is 0.316 e. The Labute approximate surface area is 116 Å². The van der Waals surface area contributed by atoms with Gasteiger partial charge in [0.05, 0.1) is 0 Å². The number of likely N-dealkylation sites (N-methyl/N-ethyl adjacent to an activating group) is 1. The number of rotatable bonds is 6. The van der Waals surface area contributed by atoms with E-state index in [1.54, 1.807) is 0 Å². The second-order valence-electron chi connectivity index (χ2n) is 6.02. The van der Waals surface area contributed by atoms with Gasteiger partial charge in [0.1, 0.15) is 6.61 Å². The zero-order chi connectivity index (χ0) is 14.5. The number of nitrogens with one attached hydrogen (secondary N) is 1. The molecule has 108 valence electrons. The van der Waals surface area contributed by atoms with Gasteiger partial charge in [0, 0.05) is 36.1 Å². The maximum absolute atomic E-state index is 5.51. The lowest BCUT2D eigenvalue weighted by molar-refractivity contribution is 0.245. The van der Waals surface area contributed by atoms with Crippen molar-refractivity contribution in [3.05, 3.63) is 17.5 Å². The lowest BCUT2D eigenvalue weighted by atomic mass is 10.1. The highest BCUT2D eigenvalue weighted by molar-refractivity contribution is 5.17. The standard InChI is InChI=1S/C14H26N4O/c1-11-12(10-16-14(2,3)4)9-15-13(17-11)19-8-7-18(5)6/h9,16H,7-8,10H2,1-6H3. The van der Waals surface area contributed by atoms with Crippen LogP contribution in [0, 0.1) is 6.92 Å². The maximum atomic E-state index is 5.51. The van der Waals surface area contributed by atoms with Gasteiger partial charge in [-0.2, -0.15) is 0 Å². The molecule has 0 aromatic carbocycles. The van der Waals surface area contributed by atoms with Crippen LogP contribution in [0.1, 0.15) is 32.0 Å². The normalized spacial score (nSPS) is 11.9. The van der Waals surface area contributed by atoms with Crippen molar-refractivity contribution in [1.82, 2.24) is 20.2 Å². The van der Waals surface area contributed by atoms with Crippen molar-refractivity contribution in [1.29, 1.82) is 0 Å². The van der Waals surface area contributed by atoms with Crippen LogP contribution < -0.4 is 10.1 Å². The molecular formula is C14H26N4O. The minimum absolute atomic E-state index is 0.0906. The van der Waals surface area contributed by atoms with Crippen molar-refractivity contribution in [3.63, 3.8) is 0 Å². The molecule has 5 heteroatoms. The van der Waals surface area contributed by atoms with Gasteiger partial charge in [-0.1, -0.05) is 0 Å². The first-order valence-electron chi connectivity index (χ1n) is 6.63. The van der Waals surface area contributed by atoms with E-state index >= 15 is 0 Å². The number of hydrogen-bond acceptors (Lipinski definition) is 5. The van der Waals surface area contributed by atoms with Crippen LogP contribution in [-0.2, 0) is 6.54 Å². The number of aromatic nitrogens is 2. The number of aryl methyl sites for hydroxylation is 1. The number of nitrogens with zero attached hydrogens (tertiary/aromatic N) is 3. The number of ether oxygens (including phenoxy) is 1. The summed E-state index contributed by atoms with van der Waals surface area (Å²) in [4.78, 5) is 10.7. The first-order chi connectivity index (χ1) is 8.78. The van der Waals surface area contributed by atoms with E-state index in [-0.39, 0.29) is 5.54 Å². The van der Waals surface area contributed by atoms with Crippen molar-refractivity contribution in [2.24, 2.45) is 0 Å². The fourth-order valence-electron chi connectivity index (χ4n) is 1.39. The summed E-state index contributed by atoms with van der Waals surface area (Å²) in [6.07, 6.45) is 1.84. The van der Waals surface area contributed by atoms with Gasteiger partial charge in [-0.05, 0) is 41.8 Å². The fourth-order valence-corrected chi connectivity index (χ4v) is 1.39. The zero-order valence-electron chi connectivity index (χ0n) is 12.9. The average molecular weight is 266 g/mol. The maximum Gasteiger partial charge on any atom is 0.316 e. The molecule has 0 saturated heterocycles. The lowest BCUT2D eigenvalue weighted by Crippen LogP contribution is -2.35. The van der Waals surface area contributed by atoms with E-state index in [1.165, 1.54) is 0 Å². The predicted octanol–water partition coefficient (Wildman–Crippen LogP) is 1.61. The van der Waals surface area contributed by atoms with Crippen molar-refractivity contribution < 1.29 is 4.74 Å². The quantitative estimate of drug-likeness (QED) is 0.848. The second kappa shape index (κ2) is 6.82. The van der Waals surface area contributed by atoms with Crippen LogP contribution >= 0.6 is 0 Å². The van der Waals surface area contributed by atoms with Gasteiger partial charge in [-0.3, -0.25) is 0 Å². The highest BCUT2D eigenvalue weighted by Gasteiger charge is 2.10. The summed E-state index contributed by atoms with van der Waals surface area (Å²) in [6, 6.07) is 0.457. The topological polar surface area (TPSA) is 50.3 Å². The molecule has 19 heavy (non-hydrogen) atoms. The lowest BCUT2D eigenvalue weighted by Gasteiger charge is -2.21. The molecule has 1 N–H and O–H groups in total. The zero-order valence-corrected chi connectivity index (χ0v) is 12.9. The first-order valence-corrected chi connectivity index (χ1v) is 6.63. The molecule has 1 aromatic heterocycles. The molecule has 1 heterocycles. The van der Waals surface area contributed by atoms with Gasteiger partial charge < -0.3 is 15.0 Å². The van der Waals surface area contributed by atoms with Crippen molar-refractivity contribution >= 4 is 0 Å². The van der Waals surface area contributed by atoms with Crippen LogP contribution in [0.3, 0.4) is 0 Å². The minimum Gasteiger partial charge on any atom is -0.462 e. The molecule has 0 radical (unpaired) electrons. The Morgan fingerprint density at radius 3 is 2.53 bits per heavy atom. The molecular weight excluding hydrogens is 240 g/mol. The number of hydrogen-bond donors (Lipinski definition) is 1. The monoisotopic (exact) mass is 266 g/mol. The highest BCUT2D eigenvalue weighted by atomic mass is 16.5. The van der Waals surface area contributed by atoms with E-state index in [2.05, 4.69) is 41.0 Å². The molecule has 0 amide bonds. The van der Waals surface area contributed by atoms with Crippen LogP contribution in [0.2, 0.25) is 0 Å². The molecule has 0 bridgehead atoms. The molecule has 0 atom stereocenters. The van der Waals surface area contributed by atoms with E-state index < -0.39 is 0 Å². The Morgan fingerprint density at radius 2 is 2.00 bits per heavy atom. The summed E-state index contributed by atoms with van der Waals surface area (Å²) < 4.78 is 5.51. The Balaban J connectivity index is 2.54. The van der Waals surface area contributed by atoms with Gasteiger partial charge >= 0.3 is 6.01 Å². The molecule has 0 spiro atoms. The molecule has 0 unspecified atom stereocenters. The molecule has 5 nitrogen and oxygen atoms in total. The summed E-state index contributed by atoms with van der Waals surface area (Å²) in [5.41, 5.74) is 2.16. The van der Waals surface area contributed by atoms with Gasteiger partial charge in [0.25, 0.3) is 0 Å². The average Bonchev–Trinajstić information content (AvgIpc) is 2.26. The first kappa shape index (κ1) is 15.9. The molecule has 1 aromatic rings. The molecule has 0 saturated carbocycles. The van der Waals surface area contributed by atoms with Crippen molar-refractivity contribution in [2.45, 2.75) is 39.8 Å². The third-order valence-corrected chi connectivity index (χ3v) is 2.64. The Morgan fingerprint density at radius 1 is 1.32 bits per heavy atom. The molecule has 0 aliphatic rings. The SMILES string of the molecule is Cc1nc(OCCN(C)C)ncc1CNC(C)(C)C. The Kier molecular flexibility index (Phi) is 5.69. The van der Waals surface area contributed by atoms with E-state index in [9.17, 15) is 0 Å². The van der Waals surface area contributed by atoms with Crippen molar-refractivity contribution in [3.8, 4) is 6.01 Å². The van der Waals surface area contributed by atoms with Crippen LogP contribution in [-0.4, -0.2) is 47.7 Å². The Hall–Kier alpha value is -1.20. The van der Waals surface area contributed by atoms with Crippen LogP contribution in [0.5, 0.6) is 6.01 Å². The van der Waals surface area contributed by atoms with Crippen molar-refractivity contribution in [2.75, 3.05) is 27.2 Å². The third kappa shape index (κ3) is 6.50. The van der Waals surface area contributed by atoms with E-state index in [4.69, 9.17) is 4.74 Å². The van der Waals surface area contributed by atoms with Crippen LogP contribution in [0.25, 0.3) is 0 Å². The van der Waals surface area contributed by atoms with Gasteiger partial charge in [0.15, 0.2) is 0 Å². The van der Waals surface area contributed by atoms with Gasteiger partial charge in [-0.15, -0.1) is 0 Å². The highest BCUT2D eigenvalue weighted by Crippen LogP contribution is 2.10. The van der Waals surface area contributed by atoms with Crippen LogP contribution in [0.4, 0.5) is 0 Å². The van der Waals surface area contributed by atoms with E-state index in [0.29, 0.717) is 12.6 Å². The second-order valence-corrected chi connectivity index (χ2v) is 6.02. The largest absolute Gasteiger partial charge is 0.462 e. The summed E-state index contributed by atoms with van der Waals surface area (Å²) >= 11 is 0. The molecule has 1 rings (SSSR count). The predicted molar refractivity (Wildman–Crippen MR) is 77.4 cm³/mol.